The van der Waals surface area contributed by atoms with Crippen molar-refractivity contribution in [1.82, 2.24) is 0 Å². The second-order valence-electron chi connectivity index (χ2n) is 5.60. The van der Waals surface area contributed by atoms with Crippen LogP contribution in [0.5, 0.6) is 17.2 Å². The molecule has 8 heteroatoms. The molecule has 1 heterocycles. The lowest BCUT2D eigenvalue weighted by Crippen LogP contribution is -2.17. The van der Waals surface area contributed by atoms with Crippen molar-refractivity contribution in [3.8, 4) is 17.2 Å². The molecular weight excluding hydrogens is 351 g/mol. The first-order chi connectivity index (χ1) is 12.4. The number of carbonyl (C=O) groups excluding carboxylic acids is 1. The fraction of sp³-hybridized carbons (Fsp3) is 0.278. The summed E-state index contributed by atoms with van der Waals surface area (Å²) in [5.74, 6) is 0.618. The molecule has 2 aromatic carbocycles. The minimum Gasteiger partial charge on any atom is -0.486 e. The Kier molecular flexibility index (Phi) is 5.20. The third kappa shape index (κ3) is 5.05. The summed E-state index contributed by atoms with van der Waals surface area (Å²) in [4.78, 5) is 12.1. The van der Waals surface area contributed by atoms with Gasteiger partial charge in [-0.3, -0.25) is 4.79 Å². The molecule has 26 heavy (non-hydrogen) atoms. The van der Waals surface area contributed by atoms with Gasteiger partial charge in [0.25, 0.3) is 0 Å². The van der Waals surface area contributed by atoms with Gasteiger partial charge in [0.2, 0.25) is 5.91 Å². The average molecular weight is 367 g/mol. The van der Waals surface area contributed by atoms with Crippen LogP contribution in [0.3, 0.4) is 0 Å². The number of ether oxygens (including phenoxy) is 3. The van der Waals surface area contributed by atoms with Crippen LogP contribution in [-0.4, -0.2) is 25.5 Å². The lowest BCUT2D eigenvalue weighted by molar-refractivity contribution is -0.274. The van der Waals surface area contributed by atoms with E-state index >= 15 is 0 Å². The summed E-state index contributed by atoms with van der Waals surface area (Å²) >= 11 is 0. The van der Waals surface area contributed by atoms with E-state index in [0.717, 1.165) is 0 Å². The van der Waals surface area contributed by atoms with E-state index in [1.54, 1.807) is 24.3 Å². The number of carbonyl (C=O) groups is 1. The van der Waals surface area contributed by atoms with Crippen molar-refractivity contribution in [3.05, 3.63) is 48.0 Å². The van der Waals surface area contributed by atoms with E-state index in [1.807, 2.05) is 0 Å². The first kappa shape index (κ1) is 17.9. The standard InChI is InChI=1S/C18H16F3NO4/c19-18(20,21)26-14-3-1-2-12(10-14)4-7-17(23)22-13-5-6-15-16(11-13)25-9-8-24-15/h1-3,5-6,10-11H,4,7-9H2,(H,22,23). The Morgan fingerprint density at radius 3 is 2.62 bits per heavy atom. The molecule has 0 fully saturated rings. The molecule has 0 aliphatic carbocycles. The predicted octanol–water partition coefficient (Wildman–Crippen LogP) is 3.93. The van der Waals surface area contributed by atoms with Gasteiger partial charge in [0.15, 0.2) is 11.5 Å². The topological polar surface area (TPSA) is 56.8 Å². The highest BCUT2D eigenvalue weighted by molar-refractivity contribution is 5.91. The molecule has 0 aromatic heterocycles. The van der Waals surface area contributed by atoms with Crippen molar-refractivity contribution in [2.75, 3.05) is 18.5 Å². The molecule has 1 amide bonds. The van der Waals surface area contributed by atoms with Crippen LogP contribution in [0.2, 0.25) is 0 Å². The van der Waals surface area contributed by atoms with Gasteiger partial charge >= 0.3 is 6.36 Å². The van der Waals surface area contributed by atoms with E-state index in [-0.39, 0.29) is 24.5 Å². The van der Waals surface area contributed by atoms with Gasteiger partial charge in [-0.1, -0.05) is 12.1 Å². The van der Waals surface area contributed by atoms with Gasteiger partial charge in [0.1, 0.15) is 19.0 Å². The molecule has 0 radical (unpaired) electrons. The number of aryl methyl sites for hydroxylation is 1. The number of amides is 1. The van der Waals surface area contributed by atoms with Crippen LogP contribution < -0.4 is 19.5 Å². The zero-order valence-corrected chi connectivity index (χ0v) is 13.6. The summed E-state index contributed by atoms with van der Waals surface area (Å²) in [6.45, 7) is 0.927. The maximum Gasteiger partial charge on any atom is 0.573 e. The molecule has 0 unspecified atom stereocenters. The summed E-state index contributed by atoms with van der Waals surface area (Å²) in [5, 5.41) is 2.73. The fourth-order valence-corrected chi connectivity index (χ4v) is 2.50. The number of alkyl halides is 3. The second-order valence-corrected chi connectivity index (χ2v) is 5.60. The Bertz CT molecular complexity index is 792. The number of fused-ring (bicyclic) bond motifs is 1. The molecule has 138 valence electrons. The fourth-order valence-electron chi connectivity index (χ4n) is 2.50. The number of hydrogen-bond donors (Lipinski definition) is 1. The molecule has 5 nitrogen and oxygen atoms in total. The molecule has 1 aliphatic heterocycles. The largest absolute Gasteiger partial charge is 0.573 e. The van der Waals surface area contributed by atoms with E-state index < -0.39 is 6.36 Å². The van der Waals surface area contributed by atoms with E-state index in [0.29, 0.717) is 36.0 Å². The Hall–Kier alpha value is -2.90. The number of benzene rings is 2. The summed E-state index contributed by atoms with van der Waals surface area (Å²) in [5.41, 5.74) is 1.14. The van der Waals surface area contributed by atoms with Gasteiger partial charge < -0.3 is 19.5 Å². The quantitative estimate of drug-likeness (QED) is 0.870. The highest BCUT2D eigenvalue weighted by atomic mass is 19.4. The Labute approximate surface area is 147 Å². The van der Waals surface area contributed by atoms with Crippen molar-refractivity contribution in [1.29, 1.82) is 0 Å². The molecule has 0 atom stereocenters. The van der Waals surface area contributed by atoms with Crippen LogP contribution in [0.15, 0.2) is 42.5 Å². The molecular formula is C18H16F3NO4. The summed E-state index contributed by atoms with van der Waals surface area (Å²) in [6.07, 6.45) is -4.34. The summed E-state index contributed by atoms with van der Waals surface area (Å²) in [7, 11) is 0. The van der Waals surface area contributed by atoms with Crippen molar-refractivity contribution < 1.29 is 32.2 Å². The minimum absolute atomic E-state index is 0.115. The summed E-state index contributed by atoms with van der Waals surface area (Å²) < 4.78 is 51.5. The maximum atomic E-state index is 12.2. The normalized spacial score (nSPS) is 13.2. The number of rotatable bonds is 5. The molecule has 1 aliphatic rings. The van der Waals surface area contributed by atoms with Gasteiger partial charge in [-0.05, 0) is 36.2 Å². The highest BCUT2D eigenvalue weighted by Crippen LogP contribution is 2.32. The zero-order valence-electron chi connectivity index (χ0n) is 13.6. The van der Waals surface area contributed by atoms with E-state index in [4.69, 9.17) is 9.47 Å². The Morgan fingerprint density at radius 1 is 1.08 bits per heavy atom. The van der Waals surface area contributed by atoms with Crippen molar-refractivity contribution in [2.45, 2.75) is 19.2 Å². The van der Waals surface area contributed by atoms with Crippen LogP contribution in [0.1, 0.15) is 12.0 Å². The van der Waals surface area contributed by atoms with Crippen molar-refractivity contribution in [2.24, 2.45) is 0 Å². The first-order valence-electron chi connectivity index (χ1n) is 7.93. The van der Waals surface area contributed by atoms with Crippen molar-refractivity contribution in [3.63, 3.8) is 0 Å². The molecule has 0 saturated carbocycles. The Morgan fingerprint density at radius 2 is 1.85 bits per heavy atom. The molecule has 0 spiro atoms. The van der Waals surface area contributed by atoms with E-state index in [9.17, 15) is 18.0 Å². The Balaban J connectivity index is 1.55. The lowest BCUT2D eigenvalue weighted by Gasteiger charge is -2.19. The monoisotopic (exact) mass is 367 g/mol. The van der Waals surface area contributed by atoms with Crippen LogP contribution in [-0.2, 0) is 11.2 Å². The number of nitrogens with one attached hydrogen (secondary N) is 1. The maximum absolute atomic E-state index is 12.2. The highest BCUT2D eigenvalue weighted by Gasteiger charge is 2.31. The van der Waals surface area contributed by atoms with Crippen LogP contribution >= 0.6 is 0 Å². The zero-order chi connectivity index (χ0) is 18.6. The van der Waals surface area contributed by atoms with E-state index in [2.05, 4.69) is 10.1 Å². The smallest absolute Gasteiger partial charge is 0.486 e. The van der Waals surface area contributed by atoms with Crippen LogP contribution in [0.25, 0.3) is 0 Å². The van der Waals surface area contributed by atoms with Gasteiger partial charge in [-0.2, -0.15) is 0 Å². The second kappa shape index (κ2) is 7.55. The average Bonchev–Trinajstić information content (AvgIpc) is 2.59. The van der Waals surface area contributed by atoms with Gasteiger partial charge in [0, 0.05) is 18.2 Å². The molecule has 0 saturated heterocycles. The minimum atomic E-state index is -4.74. The van der Waals surface area contributed by atoms with Gasteiger partial charge in [-0.15, -0.1) is 13.2 Å². The lowest BCUT2D eigenvalue weighted by atomic mass is 10.1. The molecule has 0 bridgehead atoms. The SMILES string of the molecule is O=C(CCc1cccc(OC(F)(F)F)c1)Nc1ccc2c(c1)OCCO2. The summed E-state index contributed by atoms with van der Waals surface area (Å²) in [6, 6.07) is 10.7. The molecule has 3 rings (SSSR count). The van der Waals surface area contributed by atoms with Crippen LogP contribution in [0.4, 0.5) is 18.9 Å². The van der Waals surface area contributed by atoms with Crippen molar-refractivity contribution >= 4 is 11.6 Å². The van der Waals surface area contributed by atoms with E-state index in [1.165, 1.54) is 18.2 Å². The van der Waals surface area contributed by atoms with Gasteiger partial charge in [-0.25, -0.2) is 0 Å². The third-order valence-corrected chi connectivity index (χ3v) is 3.60. The molecule has 1 N–H and O–H groups in total. The first-order valence-corrected chi connectivity index (χ1v) is 7.93. The number of anilines is 1. The third-order valence-electron chi connectivity index (χ3n) is 3.60. The number of halogens is 3. The predicted molar refractivity (Wildman–Crippen MR) is 87.5 cm³/mol. The molecule has 2 aromatic rings. The number of hydrogen-bond acceptors (Lipinski definition) is 4. The van der Waals surface area contributed by atoms with Gasteiger partial charge in [0.05, 0.1) is 0 Å². The van der Waals surface area contributed by atoms with Crippen LogP contribution in [0, 0.1) is 0 Å².